The highest BCUT2D eigenvalue weighted by atomic mass is 79.9. The van der Waals surface area contributed by atoms with Crippen LogP contribution in [0.4, 0.5) is 15.8 Å². The second-order valence-corrected chi connectivity index (χ2v) is 8.28. The summed E-state index contributed by atoms with van der Waals surface area (Å²) in [5.41, 5.74) is 0.791. The molecule has 2 N–H and O–H groups in total. The van der Waals surface area contributed by atoms with Crippen LogP contribution in [0.5, 0.6) is 11.5 Å². The Morgan fingerprint density at radius 2 is 1.91 bits per heavy atom. The normalized spacial score (nSPS) is 10.8. The van der Waals surface area contributed by atoms with E-state index >= 15 is 0 Å². The molecular weight excluding hydrogens is 541 g/mol. The van der Waals surface area contributed by atoms with Crippen molar-refractivity contribution in [3.8, 4) is 17.6 Å². The number of carbonyl (C=O) groups is 2. The van der Waals surface area contributed by atoms with E-state index in [4.69, 9.17) is 21.1 Å². The molecule has 0 aliphatic heterocycles. The van der Waals surface area contributed by atoms with Crippen LogP contribution in [-0.4, -0.2) is 25.5 Å². The highest BCUT2D eigenvalue weighted by Gasteiger charge is 2.16. The van der Waals surface area contributed by atoms with Gasteiger partial charge in [-0.1, -0.05) is 29.8 Å². The maximum absolute atomic E-state index is 13.7. The molecule has 0 unspecified atom stereocenters. The summed E-state index contributed by atoms with van der Waals surface area (Å²) in [5.74, 6) is -1.29. The summed E-state index contributed by atoms with van der Waals surface area (Å²) in [6, 6.07) is 17.3. The molecular formula is C25H18BrClFN3O4. The Kier molecular flexibility index (Phi) is 8.84. The van der Waals surface area contributed by atoms with E-state index in [1.807, 2.05) is 6.07 Å². The molecule has 0 spiro atoms. The van der Waals surface area contributed by atoms with Crippen molar-refractivity contribution >= 4 is 56.8 Å². The molecule has 35 heavy (non-hydrogen) atoms. The lowest BCUT2D eigenvalue weighted by Crippen LogP contribution is -2.21. The van der Waals surface area contributed by atoms with Gasteiger partial charge >= 0.3 is 0 Å². The van der Waals surface area contributed by atoms with E-state index < -0.39 is 24.2 Å². The van der Waals surface area contributed by atoms with Gasteiger partial charge in [-0.05, 0) is 70.0 Å². The largest absolute Gasteiger partial charge is 0.493 e. The smallest absolute Gasteiger partial charge is 0.266 e. The standard InChI is InChI=1S/C25H18BrClFN3O4/c1-34-22-11-15(9-16(13-29)25(33)30-18-6-4-5-17(27)12-18)10-19(26)24(22)35-14-23(32)31-21-8-3-2-7-20(21)28/h2-12H,14H2,1H3,(H,30,33)(H,31,32)/b16-9-. The van der Waals surface area contributed by atoms with Crippen molar-refractivity contribution in [1.82, 2.24) is 0 Å². The summed E-state index contributed by atoms with van der Waals surface area (Å²) in [6.07, 6.45) is 1.38. The van der Waals surface area contributed by atoms with Gasteiger partial charge in [0, 0.05) is 10.7 Å². The number of methoxy groups -OCH3 is 1. The Morgan fingerprint density at radius 1 is 1.14 bits per heavy atom. The fraction of sp³-hybridized carbons (Fsp3) is 0.0800. The van der Waals surface area contributed by atoms with E-state index in [1.54, 1.807) is 42.5 Å². The average Bonchev–Trinajstić information content (AvgIpc) is 2.82. The third kappa shape index (κ3) is 7.06. The molecule has 7 nitrogen and oxygen atoms in total. The number of hydrogen-bond acceptors (Lipinski definition) is 5. The van der Waals surface area contributed by atoms with Gasteiger partial charge in [0.15, 0.2) is 18.1 Å². The molecule has 0 bridgehead atoms. The van der Waals surface area contributed by atoms with Gasteiger partial charge in [-0.25, -0.2) is 4.39 Å². The lowest BCUT2D eigenvalue weighted by atomic mass is 10.1. The molecule has 0 saturated carbocycles. The van der Waals surface area contributed by atoms with Crippen LogP contribution in [-0.2, 0) is 9.59 Å². The van der Waals surface area contributed by atoms with Gasteiger partial charge < -0.3 is 20.1 Å². The fourth-order valence-electron chi connectivity index (χ4n) is 2.93. The molecule has 178 valence electrons. The van der Waals surface area contributed by atoms with Crippen LogP contribution in [0.2, 0.25) is 5.02 Å². The number of halogens is 3. The zero-order valence-corrected chi connectivity index (χ0v) is 20.6. The Bertz CT molecular complexity index is 1340. The number of para-hydroxylation sites is 1. The molecule has 0 heterocycles. The first-order chi connectivity index (χ1) is 16.8. The molecule has 0 radical (unpaired) electrons. The molecule has 2 amide bonds. The number of nitrogens with one attached hydrogen (secondary N) is 2. The van der Waals surface area contributed by atoms with Crippen molar-refractivity contribution in [3.63, 3.8) is 0 Å². The summed E-state index contributed by atoms with van der Waals surface area (Å²) in [5, 5.41) is 15.0. The highest BCUT2D eigenvalue weighted by Crippen LogP contribution is 2.37. The number of benzene rings is 3. The lowest BCUT2D eigenvalue weighted by Gasteiger charge is -2.14. The lowest BCUT2D eigenvalue weighted by molar-refractivity contribution is -0.118. The quantitative estimate of drug-likeness (QED) is 0.268. The van der Waals surface area contributed by atoms with Crippen LogP contribution in [0.25, 0.3) is 6.08 Å². The summed E-state index contributed by atoms with van der Waals surface area (Å²) < 4.78 is 25.1. The zero-order valence-electron chi connectivity index (χ0n) is 18.3. The molecule has 0 atom stereocenters. The van der Waals surface area contributed by atoms with Crippen molar-refractivity contribution < 1.29 is 23.5 Å². The van der Waals surface area contributed by atoms with Gasteiger partial charge in [-0.15, -0.1) is 0 Å². The number of rotatable bonds is 8. The van der Waals surface area contributed by atoms with E-state index in [1.165, 1.54) is 31.4 Å². The Hall–Kier alpha value is -3.87. The van der Waals surface area contributed by atoms with E-state index in [0.29, 0.717) is 20.7 Å². The van der Waals surface area contributed by atoms with Crippen molar-refractivity contribution in [1.29, 1.82) is 5.26 Å². The third-order valence-electron chi connectivity index (χ3n) is 4.51. The van der Waals surface area contributed by atoms with Gasteiger partial charge in [-0.2, -0.15) is 5.26 Å². The summed E-state index contributed by atoms with van der Waals surface area (Å²) in [7, 11) is 1.40. The maximum atomic E-state index is 13.7. The number of anilines is 2. The Morgan fingerprint density at radius 3 is 2.60 bits per heavy atom. The second-order valence-electron chi connectivity index (χ2n) is 6.99. The highest BCUT2D eigenvalue weighted by molar-refractivity contribution is 9.10. The molecule has 3 aromatic carbocycles. The monoisotopic (exact) mass is 557 g/mol. The molecule has 0 fully saturated rings. The topological polar surface area (TPSA) is 100 Å². The number of ether oxygens (including phenoxy) is 2. The first-order valence-corrected chi connectivity index (χ1v) is 11.2. The van der Waals surface area contributed by atoms with Gasteiger partial charge in [0.2, 0.25) is 0 Å². The third-order valence-corrected chi connectivity index (χ3v) is 5.33. The second kappa shape index (κ2) is 12.0. The fourth-order valence-corrected chi connectivity index (χ4v) is 3.69. The predicted molar refractivity (Wildman–Crippen MR) is 135 cm³/mol. The zero-order chi connectivity index (χ0) is 25.4. The number of hydrogen-bond donors (Lipinski definition) is 2. The Labute approximate surface area is 214 Å². The summed E-state index contributed by atoms with van der Waals surface area (Å²) in [4.78, 5) is 24.7. The molecule has 0 aliphatic rings. The van der Waals surface area contributed by atoms with Gasteiger partial charge in [0.05, 0.1) is 17.3 Å². The molecule has 3 rings (SSSR count). The van der Waals surface area contributed by atoms with Crippen molar-refractivity contribution in [2.24, 2.45) is 0 Å². The minimum Gasteiger partial charge on any atom is -0.493 e. The van der Waals surface area contributed by atoms with Gasteiger partial charge in [-0.3, -0.25) is 9.59 Å². The van der Waals surface area contributed by atoms with Gasteiger partial charge in [0.1, 0.15) is 17.5 Å². The van der Waals surface area contributed by atoms with E-state index in [-0.39, 0.29) is 22.8 Å². The van der Waals surface area contributed by atoms with Crippen LogP contribution in [0.3, 0.4) is 0 Å². The first kappa shape index (κ1) is 25.7. The van der Waals surface area contributed by atoms with Crippen LogP contribution in [0.15, 0.2) is 70.7 Å². The van der Waals surface area contributed by atoms with Gasteiger partial charge in [0.25, 0.3) is 11.8 Å². The van der Waals surface area contributed by atoms with Crippen LogP contribution in [0, 0.1) is 17.1 Å². The number of carbonyl (C=O) groups excluding carboxylic acids is 2. The van der Waals surface area contributed by atoms with Crippen LogP contribution in [0.1, 0.15) is 5.56 Å². The average molecular weight is 559 g/mol. The molecule has 3 aromatic rings. The molecule has 0 saturated heterocycles. The maximum Gasteiger partial charge on any atom is 0.266 e. The minimum atomic E-state index is -0.616. The van der Waals surface area contributed by atoms with E-state index in [2.05, 4.69) is 26.6 Å². The van der Waals surface area contributed by atoms with Crippen molar-refractivity contribution in [2.75, 3.05) is 24.4 Å². The SMILES string of the molecule is COc1cc(/C=C(/C#N)C(=O)Nc2cccc(Cl)c2)cc(Br)c1OCC(=O)Nc1ccccc1F. The minimum absolute atomic E-state index is 0.0349. The van der Waals surface area contributed by atoms with Crippen molar-refractivity contribution in [2.45, 2.75) is 0 Å². The summed E-state index contributed by atoms with van der Waals surface area (Å²) in [6.45, 7) is -0.413. The number of nitriles is 1. The molecule has 10 heteroatoms. The van der Waals surface area contributed by atoms with Crippen molar-refractivity contribution in [3.05, 3.63) is 87.1 Å². The summed E-state index contributed by atoms with van der Waals surface area (Å²) >= 11 is 9.28. The Balaban J connectivity index is 1.75. The molecule has 0 aromatic heterocycles. The van der Waals surface area contributed by atoms with Crippen LogP contribution >= 0.6 is 27.5 Å². The first-order valence-electron chi connectivity index (χ1n) is 10.0. The predicted octanol–water partition coefficient (Wildman–Crippen LogP) is 5.81. The number of nitrogens with zero attached hydrogens (tertiary/aromatic N) is 1. The number of amides is 2. The van der Waals surface area contributed by atoms with E-state index in [9.17, 15) is 19.2 Å². The molecule has 0 aliphatic carbocycles. The van der Waals surface area contributed by atoms with E-state index in [0.717, 1.165) is 0 Å². The van der Waals surface area contributed by atoms with Crippen LogP contribution < -0.4 is 20.1 Å².